The number of ether oxygens (including phenoxy) is 3. The minimum Gasteiger partial charge on any atom is -0.455 e. The Morgan fingerprint density at radius 2 is 2.00 bits per heavy atom. The highest BCUT2D eigenvalue weighted by molar-refractivity contribution is 5.92. The summed E-state index contributed by atoms with van der Waals surface area (Å²) in [4.78, 5) is 34.7. The van der Waals surface area contributed by atoms with Crippen LogP contribution < -0.4 is 0 Å². The van der Waals surface area contributed by atoms with Crippen LogP contribution in [0.15, 0.2) is 46.3 Å². The molecule has 0 fully saturated rings. The van der Waals surface area contributed by atoms with Gasteiger partial charge >= 0.3 is 11.9 Å². The van der Waals surface area contributed by atoms with Gasteiger partial charge in [0.2, 0.25) is 0 Å². The van der Waals surface area contributed by atoms with E-state index in [4.69, 9.17) is 14.2 Å². The molecule has 0 saturated heterocycles. The Morgan fingerprint density at radius 3 is 2.52 bits per heavy atom. The van der Waals surface area contributed by atoms with Gasteiger partial charge in [0.05, 0.1) is 5.60 Å². The van der Waals surface area contributed by atoms with Gasteiger partial charge in [0.25, 0.3) is 0 Å². The highest BCUT2D eigenvalue weighted by Gasteiger charge is 2.33. The van der Waals surface area contributed by atoms with Gasteiger partial charge in [-0.3, -0.25) is 4.79 Å². The molecule has 2 heterocycles. The lowest BCUT2D eigenvalue weighted by Crippen LogP contribution is -2.30. The van der Waals surface area contributed by atoms with Gasteiger partial charge < -0.3 is 14.2 Å². The molecule has 6 nitrogen and oxygen atoms in total. The van der Waals surface area contributed by atoms with Gasteiger partial charge in [0, 0.05) is 24.7 Å². The predicted octanol–water partition coefficient (Wildman–Crippen LogP) is 3.34. The van der Waals surface area contributed by atoms with E-state index in [0.717, 1.165) is 11.9 Å². The third-order valence-corrected chi connectivity index (χ3v) is 4.77. The van der Waals surface area contributed by atoms with Crippen LogP contribution in [0.3, 0.4) is 0 Å². The summed E-state index contributed by atoms with van der Waals surface area (Å²) in [5.41, 5.74) is 1.96. The van der Waals surface area contributed by atoms with Crippen molar-refractivity contribution in [1.82, 2.24) is 0 Å². The van der Waals surface area contributed by atoms with Crippen molar-refractivity contribution in [2.24, 2.45) is 0 Å². The maximum absolute atomic E-state index is 12.1. The number of carbonyl (C=O) groups excluding carboxylic acids is 3. The van der Waals surface area contributed by atoms with Crippen molar-refractivity contribution in [3.05, 3.63) is 46.3 Å². The number of esters is 2. The Labute approximate surface area is 159 Å². The smallest absolute Gasteiger partial charge is 0.339 e. The molecule has 2 rings (SSSR count). The zero-order valence-corrected chi connectivity index (χ0v) is 16.5. The summed E-state index contributed by atoms with van der Waals surface area (Å²) >= 11 is 0. The SMILES string of the molecule is CO[C@](C)(/C=C1/C=C(C)C(=O)O1)C[C@@H]1C=C(CCC(C=O)=C(C)C)C(=O)O1. The minimum atomic E-state index is -0.776. The molecule has 0 saturated carbocycles. The first-order chi connectivity index (χ1) is 12.7. The number of carbonyl (C=O) groups is 3. The van der Waals surface area contributed by atoms with Gasteiger partial charge in [-0.05, 0) is 64.3 Å². The second-order valence-electron chi connectivity index (χ2n) is 7.26. The molecule has 2 aliphatic heterocycles. The van der Waals surface area contributed by atoms with Gasteiger partial charge in [0.15, 0.2) is 0 Å². The van der Waals surface area contributed by atoms with Crippen molar-refractivity contribution in [3.8, 4) is 0 Å². The van der Waals surface area contributed by atoms with Crippen LogP contribution in [0.5, 0.6) is 0 Å². The standard InChI is InChI=1S/C21H26O6/c1-13(2)16(12-22)7-6-15-9-18(27-20(15)24)11-21(4,25-5)10-17-8-14(3)19(23)26-17/h8-10,12,18H,6-7,11H2,1-5H3/b17-10-/t18-,21+/m0/s1. The second-order valence-corrected chi connectivity index (χ2v) is 7.26. The first-order valence-electron chi connectivity index (χ1n) is 8.89. The third-order valence-electron chi connectivity index (χ3n) is 4.77. The monoisotopic (exact) mass is 374 g/mol. The molecule has 0 unspecified atom stereocenters. The van der Waals surface area contributed by atoms with Crippen LogP contribution in [-0.2, 0) is 28.6 Å². The summed E-state index contributed by atoms with van der Waals surface area (Å²) in [7, 11) is 1.55. The van der Waals surface area contributed by atoms with Crippen molar-refractivity contribution in [2.75, 3.05) is 7.11 Å². The fraction of sp³-hybridized carbons (Fsp3) is 0.476. The lowest BCUT2D eigenvalue weighted by molar-refractivity contribution is -0.141. The van der Waals surface area contributed by atoms with E-state index in [0.29, 0.717) is 41.7 Å². The van der Waals surface area contributed by atoms with E-state index in [1.807, 2.05) is 20.8 Å². The van der Waals surface area contributed by atoms with Gasteiger partial charge in [-0.1, -0.05) is 5.57 Å². The Kier molecular flexibility index (Phi) is 6.54. The van der Waals surface area contributed by atoms with Gasteiger partial charge in [0.1, 0.15) is 18.1 Å². The number of hydrogen-bond donors (Lipinski definition) is 0. The predicted molar refractivity (Wildman–Crippen MR) is 99.6 cm³/mol. The molecule has 0 aliphatic carbocycles. The topological polar surface area (TPSA) is 78.9 Å². The zero-order valence-electron chi connectivity index (χ0n) is 16.5. The molecule has 0 aromatic heterocycles. The lowest BCUT2D eigenvalue weighted by Gasteiger charge is -2.26. The van der Waals surface area contributed by atoms with Crippen molar-refractivity contribution in [3.63, 3.8) is 0 Å². The fourth-order valence-electron chi connectivity index (χ4n) is 2.98. The normalized spacial score (nSPS) is 22.7. The number of methoxy groups -OCH3 is 1. The van der Waals surface area contributed by atoms with Gasteiger partial charge in [-0.25, -0.2) is 9.59 Å². The molecule has 2 aliphatic rings. The number of hydrogen-bond acceptors (Lipinski definition) is 6. The lowest BCUT2D eigenvalue weighted by atomic mass is 9.95. The number of allylic oxidation sites excluding steroid dienone is 3. The molecule has 6 heteroatoms. The molecular weight excluding hydrogens is 348 g/mol. The van der Waals surface area contributed by atoms with Crippen LogP contribution in [0.4, 0.5) is 0 Å². The van der Waals surface area contributed by atoms with E-state index in [1.165, 1.54) is 0 Å². The summed E-state index contributed by atoms with van der Waals surface area (Å²) in [5.74, 6) is -0.317. The molecule has 0 spiro atoms. The van der Waals surface area contributed by atoms with Crippen LogP contribution >= 0.6 is 0 Å². The van der Waals surface area contributed by atoms with Crippen LogP contribution in [0.2, 0.25) is 0 Å². The van der Waals surface area contributed by atoms with Crippen molar-refractivity contribution in [2.45, 2.75) is 58.7 Å². The van der Waals surface area contributed by atoms with E-state index in [9.17, 15) is 14.4 Å². The average molecular weight is 374 g/mol. The molecule has 0 aromatic rings. The number of rotatable bonds is 8. The third kappa shape index (κ3) is 5.26. The number of cyclic esters (lactones) is 2. The van der Waals surface area contributed by atoms with E-state index in [-0.39, 0.29) is 11.9 Å². The summed E-state index contributed by atoms with van der Waals surface area (Å²) in [6.45, 7) is 7.26. The molecule has 146 valence electrons. The molecule has 0 aromatic carbocycles. The molecule has 0 bridgehead atoms. The van der Waals surface area contributed by atoms with E-state index in [1.54, 1.807) is 32.3 Å². The molecule has 27 heavy (non-hydrogen) atoms. The van der Waals surface area contributed by atoms with E-state index in [2.05, 4.69) is 0 Å². The first-order valence-corrected chi connectivity index (χ1v) is 8.89. The molecule has 0 radical (unpaired) electrons. The first kappa shape index (κ1) is 20.8. The average Bonchev–Trinajstić information content (AvgIpc) is 3.09. The Hall–Kier alpha value is -2.47. The minimum absolute atomic E-state index is 0.367. The fourth-order valence-corrected chi connectivity index (χ4v) is 2.98. The second kappa shape index (κ2) is 8.48. The van der Waals surface area contributed by atoms with Crippen LogP contribution in [0, 0.1) is 0 Å². The van der Waals surface area contributed by atoms with Crippen LogP contribution in [0.25, 0.3) is 0 Å². The largest absolute Gasteiger partial charge is 0.455 e. The molecular formula is C21H26O6. The van der Waals surface area contributed by atoms with Crippen molar-refractivity contribution in [1.29, 1.82) is 0 Å². The van der Waals surface area contributed by atoms with E-state index < -0.39 is 11.7 Å². The van der Waals surface area contributed by atoms with Crippen LogP contribution in [0.1, 0.15) is 47.0 Å². The highest BCUT2D eigenvalue weighted by atomic mass is 16.6. The van der Waals surface area contributed by atoms with E-state index >= 15 is 0 Å². The number of aldehydes is 1. The molecule has 0 N–H and O–H groups in total. The summed E-state index contributed by atoms with van der Waals surface area (Å²) < 4.78 is 16.2. The van der Waals surface area contributed by atoms with Crippen molar-refractivity contribution < 1.29 is 28.6 Å². The maximum Gasteiger partial charge on any atom is 0.339 e. The highest BCUT2D eigenvalue weighted by Crippen LogP contribution is 2.30. The van der Waals surface area contributed by atoms with Gasteiger partial charge in [-0.15, -0.1) is 0 Å². The quantitative estimate of drug-likeness (QED) is 0.368. The van der Waals surface area contributed by atoms with Gasteiger partial charge in [-0.2, -0.15) is 0 Å². The summed E-state index contributed by atoms with van der Waals surface area (Å²) in [5, 5.41) is 0. The Balaban J connectivity index is 2.07. The molecule has 2 atom stereocenters. The zero-order chi connectivity index (χ0) is 20.2. The Morgan fingerprint density at radius 1 is 1.30 bits per heavy atom. The Bertz CT molecular complexity index is 764. The summed E-state index contributed by atoms with van der Waals surface area (Å²) in [6.07, 6.45) is 6.90. The maximum atomic E-state index is 12.1. The molecule has 0 amide bonds. The van der Waals surface area contributed by atoms with Crippen molar-refractivity contribution >= 4 is 18.2 Å². The summed E-state index contributed by atoms with van der Waals surface area (Å²) in [6, 6.07) is 0. The van der Waals surface area contributed by atoms with Crippen LogP contribution in [-0.4, -0.2) is 37.0 Å².